The normalized spacial score (nSPS) is 9.67. The van der Waals surface area contributed by atoms with E-state index in [0.717, 1.165) is 5.56 Å². The molecule has 0 saturated carbocycles. The summed E-state index contributed by atoms with van der Waals surface area (Å²) in [5, 5.41) is 3.03. The van der Waals surface area contributed by atoms with E-state index in [1.807, 2.05) is 6.92 Å². The first kappa shape index (κ1) is 14.1. The summed E-state index contributed by atoms with van der Waals surface area (Å²) in [6.45, 7) is 1.69. The van der Waals surface area contributed by atoms with Gasteiger partial charge in [0.1, 0.15) is 13.2 Å². The van der Waals surface area contributed by atoms with E-state index in [0.29, 0.717) is 10.7 Å². The average Bonchev–Trinajstić information content (AvgIpc) is 2.29. The Labute approximate surface area is 109 Å². The van der Waals surface area contributed by atoms with Crippen molar-refractivity contribution in [2.75, 3.05) is 18.5 Å². The van der Waals surface area contributed by atoms with E-state index in [9.17, 15) is 9.59 Å². The highest BCUT2D eigenvalue weighted by Crippen LogP contribution is 2.19. The van der Waals surface area contributed by atoms with Crippen LogP contribution in [0, 0.1) is 6.92 Å². The lowest BCUT2D eigenvalue weighted by Crippen LogP contribution is -2.20. The van der Waals surface area contributed by atoms with E-state index in [2.05, 4.69) is 10.1 Å². The zero-order valence-electron chi connectivity index (χ0n) is 9.73. The van der Waals surface area contributed by atoms with Crippen LogP contribution < -0.4 is 11.1 Å². The van der Waals surface area contributed by atoms with E-state index in [1.54, 1.807) is 18.2 Å². The van der Waals surface area contributed by atoms with Crippen molar-refractivity contribution in [3.63, 3.8) is 0 Å². The Bertz CT molecular complexity index is 451. The predicted octanol–water partition coefficient (Wildman–Crippen LogP) is 2.29. The van der Waals surface area contributed by atoms with Gasteiger partial charge in [0, 0.05) is 10.7 Å². The number of nitrogens with one attached hydrogen (secondary N) is 1. The summed E-state index contributed by atoms with van der Waals surface area (Å²) in [7, 11) is 0. The monoisotopic (exact) mass is 272 g/mol. The molecule has 0 aromatic heterocycles. The third-order valence-corrected chi connectivity index (χ3v) is 2.39. The first-order valence-electron chi connectivity index (χ1n) is 5.11. The first-order valence-corrected chi connectivity index (χ1v) is 5.49. The zero-order valence-corrected chi connectivity index (χ0v) is 10.5. The van der Waals surface area contributed by atoms with Crippen molar-refractivity contribution < 1.29 is 19.1 Å². The number of carbonyl (C=O) groups is 2. The van der Waals surface area contributed by atoms with Crippen molar-refractivity contribution >= 4 is 29.5 Å². The molecule has 0 bridgehead atoms. The van der Waals surface area contributed by atoms with Crippen LogP contribution in [0.5, 0.6) is 0 Å². The molecule has 0 radical (unpaired) electrons. The van der Waals surface area contributed by atoms with E-state index in [1.165, 1.54) is 0 Å². The highest BCUT2D eigenvalue weighted by atomic mass is 35.5. The number of amides is 2. The smallest absolute Gasteiger partial charge is 0.411 e. The maximum atomic E-state index is 11.3. The van der Waals surface area contributed by atoms with Crippen LogP contribution in [0.4, 0.5) is 15.3 Å². The molecule has 0 unspecified atom stereocenters. The number of benzene rings is 1. The van der Waals surface area contributed by atoms with Gasteiger partial charge in [0.05, 0.1) is 0 Å². The molecular weight excluding hydrogens is 260 g/mol. The van der Waals surface area contributed by atoms with Crippen molar-refractivity contribution in [2.24, 2.45) is 5.73 Å². The third-order valence-electron chi connectivity index (χ3n) is 1.98. The molecule has 0 aliphatic heterocycles. The van der Waals surface area contributed by atoms with Crippen LogP contribution in [0.1, 0.15) is 5.56 Å². The number of rotatable bonds is 4. The second-order valence-electron chi connectivity index (χ2n) is 3.39. The molecule has 2 amide bonds. The Kier molecular flexibility index (Phi) is 5.26. The summed E-state index contributed by atoms with van der Waals surface area (Å²) in [5.41, 5.74) is 6.16. The van der Waals surface area contributed by atoms with Crippen LogP contribution >= 0.6 is 11.6 Å². The average molecular weight is 273 g/mol. The Balaban J connectivity index is 2.35. The van der Waals surface area contributed by atoms with Gasteiger partial charge in [-0.1, -0.05) is 17.7 Å². The largest absolute Gasteiger partial charge is 0.446 e. The molecule has 0 saturated heterocycles. The van der Waals surface area contributed by atoms with Gasteiger partial charge >= 0.3 is 12.2 Å². The van der Waals surface area contributed by atoms with Gasteiger partial charge in [-0.05, 0) is 24.6 Å². The lowest BCUT2D eigenvalue weighted by molar-refractivity contribution is 0.107. The number of aryl methyl sites for hydroxylation is 1. The number of carbonyl (C=O) groups excluding carboxylic acids is 2. The Morgan fingerprint density at radius 2 is 2.00 bits per heavy atom. The molecule has 0 spiro atoms. The summed E-state index contributed by atoms with van der Waals surface area (Å²) in [6.07, 6.45) is -1.58. The van der Waals surface area contributed by atoms with E-state index in [-0.39, 0.29) is 13.2 Å². The van der Waals surface area contributed by atoms with Gasteiger partial charge in [0.15, 0.2) is 0 Å². The number of ether oxygens (including phenoxy) is 2. The lowest BCUT2D eigenvalue weighted by atomic mass is 10.2. The molecule has 18 heavy (non-hydrogen) atoms. The van der Waals surface area contributed by atoms with Crippen LogP contribution in [-0.2, 0) is 9.47 Å². The van der Waals surface area contributed by atoms with Crippen molar-refractivity contribution in [3.8, 4) is 0 Å². The summed E-state index contributed by atoms with van der Waals surface area (Å²) in [4.78, 5) is 21.5. The molecule has 1 aromatic carbocycles. The topological polar surface area (TPSA) is 90.7 Å². The van der Waals surface area contributed by atoms with Gasteiger partial charge in [-0.2, -0.15) is 0 Å². The molecular formula is C11H13ClN2O4. The minimum Gasteiger partial charge on any atom is -0.446 e. The van der Waals surface area contributed by atoms with Crippen molar-refractivity contribution in [1.82, 2.24) is 0 Å². The van der Waals surface area contributed by atoms with Gasteiger partial charge in [0.25, 0.3) is 0 Å². The zero-order chi connectivity index (χ0) is 13.5. The maximum absolute atomic E-state index is 11.3. The Hall–Kier alpha value is -1.95. The molecule has 1 rings (SSSR count). The van der Waals surface area contributed by atoms with Gasteiger partial charge in [0.2, 0.25) is 0 Å². The first-order chi connectivity index (χ1) is 8.49. The van der Waals surface area contributed by atoms with Gasteiger partial charge < -0.3 is 15.2 Å². The highest BCUT2D eigenvalue weighted by Gasteiger charge is 2.05. The molecule has 0 fully saturated rings. The van der Waals surface area contributed by atoms with Crippen LogP contribution in [0.25, 0.3) is 0 Å². The van der Waals surface area contributed by atoms with Crippen molar-refractivity contribution in [1.29, 1.82) is 0 Å². The van der Waals surface area contributed by atoms with Crippen LogP contribution in [-0.4, -0.2) is 25.4 Å². The second kappa shape index (κ2) is 6.70. The fourth-order valence-corrected chi connectivity index (χ4v) is 1.28. The molecule has 6 nitrogen and oxygen atoms in total. The summed E-state index contributed by atoms with van der Waals surface area (Å²) < 4.78 is 9.13. The molecule has 7 heteroatoms. The summed E-state index contributed by atoms with van der Waals surface area (Å²) >= 11 is 5.90. The fourth-order valence-electron chi connectivity index (χ4n) is 1.10. The van der Waals surface area contributed by atoms with Gasteiger partial charge in [-0.3, -0.25) is 5.32 Å². The predicted molar refractivity (Wildman–Crippen MR) is 66.7 cm³/mol. The van der Waals surface area contributed by atoms with Crippen LogP contribution in [0.2, 0.25) is 5.02 Å². The van der Waals surface area contributed by atoms with Crippen molar-refractivity contribution in [2.45, 2.75) is 6.92 Å². The Morgan fingerprint density at radius 1 is 1.33 bits per heavy atom. The van der Waals surface area contributed by atoms with Gasteiger partial charge in [-0.15, -0.1) is 0 Å². The molecule has 1 aromatic rings. The van der Waals surface area contributed by atoms with Crippen LogP contribution in [0.15, 0.2) is 18.2 Å². The minimum absolute atomic E-state index is 0.0750. The standard InChI is InChI=1S/C11H13ClN2O4/c1-7-2-3-8(6-9(7)12)14-11(16)18-5-4-17-10(13)15/h2-3,6H,4-5H2,1H3,(H2,13,15)(H,14,16). The third kappa shape index (κ3) is 4.92. The molecule has 0 heterocycles. The molecule has 0 aliphatic rings. The van der Waals surface area contributed by atoms with E-state index >= 15 is 0 Å². The number of primary amides is 1. The SMILES string of the molecule is Cc1ccc(NC(=O)OCCOC(N)=O)cc1Cl. The summed E-state index contributed by atoms with van der Waals surface area (Å²) in [5.74, 6) is 0. The minimum atomic E-state index is -0.913. The Morgan fingerprint density at radius 3 is 2.61 bits per heavy atom. The lowest BCUT2D eigenvalue weighted by Gasteiger charge is -2.08. The molecule has 0 aliphatic carbocycles. The molecule has 0 atom stereocenters. The van der Waals surface area contributed by atoms with E-state index < -0.39 is 12.2 Å². The number of anilines is 1. The van der Waals surface area contributed by atoms with Gasteiger partial charge in [-0.25, -0.2) is 9.59 Å². The number of hydrogen-bond donors (Lipinski definition) is 2. The van der Waals surface area contributed by atoms with Crippen molar-refractivity contribution in [3.05, 3.63) is 28.8 Å². The quantitative estimate of drug-likeness (QED) is 0.823. The van der Waals surface area contributed by atoms with E-state index in [4.69, 9.17) is 22.1 Å². The molecule has 98 valence electrons. The molecule has 3 N–H and O–H groups in total. The maximum Gasteiger partial charge on any atom is 0.411 e. The number of halogens is 1. The summed E-state index contributed by atoms with van der Waals surface area (Å²) in [6, 6.07) is 5.08. The second-order valence-corrected chi connectivity index (χ2v) is 3.80. The number of nitrogens with two attached hydrogens (primary N) is 1. The number of hydrogen-bond acceptors (Lipinski definition) is 4. The highest BCUT2D eigenvalue weighted by molar-refractivity contribution is 6.31. The van der Waals surface area contributed by atoms with Crippen LogP contribution in [0.3, 0.4) is 0 Å². The fraction of sp³-hybridized carbons (Fsp3) is 0.273.